The Hall–Kier alpha value is -2.66. The molecule has 2 aromatic heterocycles. The molecule has 174 valence electrons. The highest BCUT2D eigenvalue weighted by molar-refractivity contribution is 7.96. The number of nitrogens with one attached hydrogen (secondary N) is 1. The summed E-state index contributed by atoms with van der Waals surface area (Å²) in [6.45, 7) is 1.54. The number of benzene rings is 1. The molecule has 2 heterocycles. The topological polar surface area (TPSA) is 112 Å². The standard InChI is InChI=1S/C23H27N5O3S2/c1-31-15-12-20-27-21-22(16-8-2-3-9-17(16)26-23(21)24)28(20)14-7-6-13-25-33(29,30)19-11-5-4-10-18(19)32/h2-5,8-9,11,25H,6-7,10,12-15H2,1H3,(H2,24,26). The lowest BCUT2D eigenvalue weighted by Crippen LogP contribution is -2.29. The third-order valence-electron chi connectivity index (χ3n) is 5.57. The Bertz CT molecular complexity index is 1360. The number of unbranched alkanes of at least 4 members (excludes halogenated alkanes) is 1. The number of ether oxygens (including phenoxy) is 1. The molecule has 0 fully saturated rings. The molecule has 0 amide bonds. The van der Waals surface area contributed by atoms with E-state index in [-0.39, 0.29) is 4.91 Å². The van der Waals surface area contributed by atoms with E-state index in [1.165, 1.54) is 0 Å². The normalized spacial score (nSPS) is 14.3. The summed E-state index contributed by atoms with van der Waals surface area (Å²) in [5.41, 5.74) is 8.68. The largest absolute Gasteiger partial charge is 0.384 e. The van der Waals surface area contributed by atoms with E-state index < -0.39 is 10.0 Å². The number of para-hydroxylation sites is 1. The highest BCUT2D eigenvalue weighted by Gasteiger charge is 2.22. The number of methoxy groups -OCH3 is 1. The van der Waals surface area contributed by atoms with Crippen LogP contribution in [0, 0.1) is 0 Å². The molecule has 0 saturated heterocycles. The zero-order valence-corrected chi connectivity index (χ0v) is 20.1. The summed E-state index contributed by atoms with van der Waals surface area (Å²) in [5, 5.41) is 0.990. The van der Waals surface area contributed by atoms with Crippen molar-refractivity contribution in [2.75, 3.05) is 26.0 Å². The van der Waals surface area contributed by atoms with E-state index in [9.17, 15) is 8.42 Å². The lowest BCUT2D eigenvalue weighted by molar-refractivity contribution is 0.199. The quantitative estimate of drug-likeness (QED) is 0.335. The number of rotatable bonds is 10. The van der Waals surface area contributed by atoms with Crippen LogP contribution in [0.4, 0.5) is 5.82 Å². The van der Waals surface area contributed by atoms with Crippen molar-refractivity contribution in [2.24, 2.45) is 0 Å². The van der Waals surface area contributed by atoms with Crippen LogP contribution in [0.1, 0.15) is 25.1 Å². The van der Waals surface area contributed by atoms with Gasteiger partial charge in [-0.3, -0.25) is 0 Å². The molecule has 1 aliphatic rings. The average molecular weight is 486 g/mol. The summed E-state index contributed by atoms with van der Waals surface area (Å²) in [6.07, 6.45) is 7.67. The Morgan fingerprint density at radius 2 is 2.06 bits per heavy atom. The Morgan fingerprint density at radius 3 is 2.85 bits per heavy atom. The lowest BCUT2D eigenvalue weighted by Gasteiger charge is -2.13. The number of hydrogen-bond acceptors (Lipinski definition) is 7. The molecule has 3 aromatic rings. The second-order valence-electron chi connectivity index (χ2n) is 7.83. The first-order valence-electron chi connectivity index (χ1n) is 10.8. The fraction of sp³-hybridized carbons (Fsp3) is 0.348. The molecular weight excluding hydrogens is 458 g/mol. The highest BCUT2D eigenvalue weighted by Crippen LogP contribution is 2.29. The van der Waals surface area contributed by atoms with Crippen LogP contribution < -0.4 is 10.5 Å². The van der Waals surface area contributed by atoms with E-state index in [1.54, 1.807) is 19.3 Å². The second-order valence-corrected chi connectivity index (χ2v) is 10.1. The van der Waals surface area contributed by atoms with Gasteiger partial charge in [0.2, 0.25) is 10.0 Å². The third-order valence-corrected chi connectivity index (χ3v) is 7.63. The van der Waals surface area contributed by atoms with Gasteiger partial charge in [0.05, 0.1) is 22.5 Å². The van der Waals surface area contributed by atoms with Crippen molar-refractivity contribution in [1.82, 2.24) is 19.3 Å². The summed E-state index contributed by atoms with van der Waals surface area (Å²) in [4.78, 5) is 9.89. The van der Waals surface area contributed by atoms with E-state index in [1.807, 2.05) is 30.3 Å². The molecule has 0 aliphatic heterocycles. The lowest BCUT2D eigenvalue weighted by atomic mass is 10.2. The SMILES string of the molecule is COCCc1nc2c(N)nc3ccccc3c2n1CCCCNS(=O)(=O)C1=CC=CCC1=S. The zero-order chi connectivity index (χ0) is 23.4. The summed E-state index contributed by atoms with van der Waals surface area (Å²) >= 11 is 5.20. The van der Waals surface area contributed by atoms with Crippen LogP contribution in [-0.4, -0.2) is 48.1 Å². The van der Waals surface area contributed by atoms with Gasteiger partial charge in [0.1, 0.15) is 11.3 Å². The number of sulfonamides is 1. The summed E-state index contributed by atoms with van der Waals surface area (Å²) in [7, 11) is -1.94. The molecule has 1 aromatic carbocycles. The molecule has 33 heavy (non-hydrogen) atoms. The number of anilines is 1. The van der Waals surface area contributed by atoms with E-state index in [2.05, 4.69) is 14.3 Å². The maximum Gasteiger partial charge on any atom is 0.241 e. The minimum absolute atomic E-state index is 0.192. The number of allylic oxidation sites excluding steroid dienone is 4. The van der Waals surface area contributed by atoms with Gasteiger partial charge in [-0.05, 0) is 25.0 Å². The van der Waals surface area contributed by atoms with Crippen molar-refractivity contribution in [3.05, 3.63) is 53.2 Å². The van der Waals surface area contributed by atoms with Crippen molar-refractivity contribution < 1.29 is 13.2 Å². The number of hydrogen-bond donors (Lipinski definition) is 2. The maximum absolute atomic E-state index is 12.6. The second kappa shape index (κ2) is 10.1. The van der Waals surface area contributed by atoms with E-state index in [4.69, 9.17) is 27.7 Å². The summed E-state index contributed by atoms with van der Waals surface area (Å²) < 4.78 is 35.2. The number of pyridine rings is 1. The molecule has 1 aliphatic carbocycles. The number of nitrogen functional groups attached to an aromatic ring is 1. The summed E-state index contributed by atoms with van der Waals surface area (Å²) in [5.74, 6) is 1.28. The number of aryl methyl sites for hydroxylation is 1. The Morgan fingerprint density at radius 1 is 1.24 bits per heavy atom. The van der Waals surface area contributed by atoms with Crippen LogP contribution in [0.25, 0.3) is 21.9 Å². The van der Waals surface area contributed by atoms with Gasteiger partial charge in [-0.25, -0.2) is 23.1 Å². The smallest absolute Gasteiger partial charge is 0.241 e. The van der Waals surface area contributed by atoms with Crippen LogP contribution in [0.5, 0.6) is 0 Å². The van der Waals surface area contributed by atoms with Gasteiger partial charge in [-0.1, -0.05) is 42.6 Å². The van der Waals surface area contributed by atoms with Crippen LogP contribution >= 0.6 is 12.2 Å². The first-order valence-corrected chi connectivity index (χ1v) is 12.7. The van der Waals surface area contributed by atoms with Gasteiger partial charge in [0.15, 0.2) is 5.82 Å². The van der Waals surface area contributed by atoms with E-state index in [0.29, 0.717) is 55.2 Å². The molecule has 0 bridgehead atoms. The molecule has 4 rings (SSSR count). The number of fused-ring (bicyclic) bond motifs is 3. The number of aromatic nitrogens is 3. The number of imidazole rings is 1. The van der Waals surface area contributed by atoms with Gasteiger partial charge in [-0.15, -0.1) is 0 Å². The third kappa shape index (κ3) is 4.98. The molecule has 8 nitrogen and oxygen atoms in total. The van der Waals surface area contributed by atoms with Gasteiger partial charge in [0, 0.05) is 43.3 Å². The molecule has 3 N–H and O–H groups in total. The van der Waals surface area contributed by atoms with Gasteiger partial charge in [0.25, 0.3) is 0 Å². The Labute approximate surface area is 198 Å². The van der Waals surface area contributed by atoms with Crippen molar-refractivity contribution in [1.29, 1.82) is 0 Å². The van der Waals surface area contributed by atoms with Crippen LogP contribution in [0.3, 0.4) is 0 Å². The number of thiocarbonyl (C=S) groups is 1. The van der Waals surface area contributed by atoms with Crippen molar-refractivity contribution in [2.45, 2.75) is 32.2 Å². The number of nitrogens with zero attached hydrogens (tertiary/aromatic N) is 3. The number of nitrogens with two attached hydrogens (primary N) is 1. The van der Waals surface area contributed by atoms with Gasteiger partial charge < -0.3 is 15.0 Å². The molecule has 0 spiro atoms. The minimum atomic E-state index is -3.60. The van der Waals surface area contributed by atoms with Gasteiger partial charge in [-0.2, -0.15) is 0 Å². The Kier molecular flexibility index (Phi) is 7.18. The molecule has 0 unspecified atom stereocenters. The predicted molar refractivity (Wildman–Crippen MR) is 136 cm³/mol. The maximum atomic E-state index is 12.6. The van der Waals surface area contributed by atoms with Crippen LogP contribution in [0.2, 0.25) is 0 Å². The summed E-state index contributed by atoms with van der Waals surface area (Å²) in [6, 6.07) is 7.86. The van der Waals surface area contributed by atoms with Crippen LogP contribution in [-0.2, 0) is 27.7 Å². The van der Waals surface area contributed by atoms with Crippen molar-refractivity contribution in [3.63, 3.8) is 0 Å². The predicted octanol–water partition coefficient (Wildman–Crippen LogP) is 3.27. The highest BCUT2D eigenvalue weighted by atomic mass is 32.2. The first kappa shape index (κ1) is 23.5. The Balaban J connectivity index is 1.51. The van der Waals surface area contributed by atoms with Crippen molar-refractivity contribution >= 4 is 54.9 Å². The van der Waals surface area contributed by atoms with Gasteiger partial charge >= 0.3 is 0 Å². The monoisotopic (exact) mass is 485 g/mol. The minimum Gasteiger partial charge on any atom is -0.384 e. The fourth-order valence-corrected chi connectivity index (χ4v) is 5.68. The van der Waals surface area contributed by atoms with E-state index >= 15 is 0 Å². The van der Waals surface area contributed by atoms with E-state index in [0.717, 1.165) is 28.7 Å². The fourth-order valence-electron chi connectivity index (χ4n) is 3.97. The molecule has 0 radical (unpaired) electrons. The molecule has 0 atom stereocenters. The first-order chi connectivity index (χ1) is 15.9. The molecule has 10 heteroatoms. The zero-order valence-electron chi connectivity index (χ0n) is 18.5. The average Bonchev–Trinajstić information content (AvgIpc) is 3.17. The molecule has 0 saturated carbocycles. The van der Waals surface area contributed by atoms with Crippen LogP contribution in [0.15, 0.2) is 47.4 Å². The van der Waals surface area contributed by atoms with Crippen molar-refractivity contribution in [3.8, 4) is 0 Å². The molecular formula is C23H27N5O3S2.